The van der Waals surface area contributed by atoms with Crippen LogP contribution in [-0.4, -0.2) is 11.1 Å². The third kappa shape index (κ3) is 4.29. The van der Waals surface area contributed by atoms with Crippen molar-refractivity contribution < 1.29 is 5.11 Å². The highest BCUT2D eigenvalue weighted by atomic mass is 16.3. The van der Waals surface area contributed by atoms with Crippen molar-refractivity contribution in [3.8, 4) is 5.75 Å². The molecule has 1 aromatic rings. The molecule has 0 aliphatic heterocycles. The Labute approximate surface area is 105 Å². The zero-order chi connectivity index (χ0) is 12.8. The molecule has 2 nitrogen and oxygen atoms in total. The van der Waals surface area contributed by atoms with Crippen LogP contribution in [0.25, 0.3) is 0 Å². The molecule has 1 atom stereocenters. The second kappa shape index (κ2) is 6.53. The van der Waals surface area contributed by atoms with Crippen LogP contribution < -0.4 is 5.32 Å². The van der Waals surface area contributed by atoms with Crippen LogP contribution in [-0.2, 0) is 0 Å². The summed E-state index contributed by atoms with van der Waals surface area (Å²) >= 11 is 0. The molecule has 0 saturated heterocycles. The number of hydrogen-bond acceptors (Lipinski definition) is 2. The highest BCUT2D eigenvalue weighted by molar-refractivity contribution is 5.57. The van der Waals surface area contributed by atoms with Crippen molar-refractivity contribution in [2.75, 3.05) is 5.32 Å². The van der Waals surface area contributed by atoms with Crippen LogP contribution in [0, 0.1) is 13.8 Å². The number of aromatic hydroxyl groups is 1. The molecule has 1 rings (SSSR count). The summed E-state index contributed by atoms with van der Waals surface area (Å²) in [5, 5.41) is 13.1. The number of unbranched alkanes of at least 4 members (excludes halogenated alkanes) is 2. The number of phenols is 1. The van der Waals surface area contributed by atoms with E-state index < -0.39 is 0 Å². The van der Waals surface area contributed by atoms with E-state index in [2.05, 4.69) is 19.2 Å². The van der Waals surface area contributed by atoms with Gasteiger partial charge in [0, 0.05) is 11.7 Å². The van der Waals surface area contributed by atoms with Crippen LogP contribution in [0.2, 0.25) is 0 Å². The normalized spacial score (nSPS) is 12.5. The topological polar surface area (TPSA) is 32.3 Å². The van der Waals surface area contributed by atoms with Crippen molar-refractivity contribution in [1.29, 1.82) is 0 Å². The molecular weight excluding hydrogens is 210 g/mol. The summed E-state index contributed by atoms with van der Waals surface area (Å²) in [6.07, 6.45) is 5.05. The van der Waals surface area contributed by atoms with E-state index in [4.69, 9.17) is 0 Å². The lowest BCUT2D eigenvalue weighted by atomic mass is 10.1. The highest BCUT2D eigenvalue weighted by Crippen LogP contribution is 2.25. The third-order valence-corrected chi connectivity index (χ3v) is 3.19. The van der Waals surface area contributed by atoms with Gasteiger partial charge in [0.25, 0.3) is 0 Å². The van der Waals surface area contributed by atoms with Gasteiger partial charge in [0.2, 0.25) is 0 Å². The van der Waals surface area contributed by atoms with Gasteiger partial charge >= 0.3 is 0 Å². The van der Waals surface area contributed by atoms with Gasteiger partial charge in [-0.1, -0.05) is 26.2 Å². The van der Waals surface area contributed by atoms with Crippen molar-refractivity contribution in [1.82, 2.24) is 0 Å². The van der Waals surface area contributed by atoms with E-state index in [-0.39, 0.29) is 0 Å². The van der Waals surface area contributed by atoms with Crippen LogP contribution in [0.1, 0.15) is 50.7 Å². The van der Waals surface area contributed by atoms with E-state index in [1.807, 2.05) is 26.0 Å². The first kappa shape index (κ1) is 13.9. The van der Waals surface area contributed by atoms with E-state index in [0.29, 0.717) is 11.8 Å². The Morgan fingerprint density at radius 1 is 1.18 bits per heavy atom. The first-order chi connectivity index (χ1) is 8.04. The fourth-order valence-corrected chi connectivity index (χ4v) is 1.99. The van der Waals surface area contributed by atoms with Gasteiger partial charge < -0.3 is 10.4 Å². The summed E-state index contributed by atoms with van der Waals surface area (Å²) in [6, 6.07) is 4.35. The van der Waals surface area contributed by atoms with Crippen LogP contribution >= 0.6 is 0 Å². The smallest absolute Gasteiger partial charge is 0.118 e. The lowest BCUT2D eigenvalue weighted by Crippen LogP contribution is -2.15. The Kier molecular flexibility index (Phi) is 5.33. The van der Waals surface area contributed by atoms with Gasteiger partial charge in [-0.05, 0) is 50.5 Å². The number of nitrogens with one attached hydrogen (secondary N) is 1. The second-order valence-corrected chi connectivity index (χ2v) is 4.99. The second-order valence-electron chi connectivity index (χ2n) is 4.99. The largest absolute Gasteiger partial charge is 0.508 e. The molecule has 0 heterocycles. The van der Waals surface area contributed by atoms with E-state index in [0.717, 1.165) is 16.8 Å². The fraction of sp³-hybridized carbons (Fsp3) is 0.600. The van der Waals surface area contributed by atoms with Gasteiger partial charge in [0.1, 0.15) is 5.75 Å². The molecule has 0 amide bonds. The highest BCUT2D eigenvalue weighted by Gasteiger charge is 2.06. The van der Waals surface area contributed by atoms with Crippen LogP contribution in [0.3, 0.4) is 0 Å². The van der Waals surface area contributed by atoms with Gasteiger partial charge in [-0.3, -0.25) is 0 Å². The molecule has 1 aromatic carbocycles. The maximum atomic E-state index is 9.60. The first-order valence-corrected chi connectivity index (χ1v) is 6.61. The van der Waals surface area contributed by atoms with E-state index in [1.165, 1.54) is 25.7 Å². The van der Waals surface area contributed by atoms with Crippen molar-refractivity contribution >= 4 is 5.69 Å². The molecule has 2 heteroatoms. The van der Waals surface area contributed by atoms with Crippen molar-refractivity contribution in [3.63, 3.8) is 0 Å². The molecule has 2 N–H and O–H groups in total. The minimum atomic E-state index is 0.381. The maximum Gasteiger partial charge on any atom is 0.118 e. The van der Waals surface area contributed by atoms with E-state index in [1.54, 1.807) is 0 Å². The monoisotopic (exact) mass is 235 g/mol. The lowest BCUT2D eigenvalue weighted by Gasteiger charge is -2.18. The quantitative estimate of drug-likeness (QED) is 0.566. The summed E-state index contributed by atoms with van der Waals surface area (Å²) in [5.74, 6) is 0.381. The minimum Gasteiger partial charge on any atom is -0.508 e. The zero-order valence-electron chi connectivity index (χ0n) is 11.5. The lowest BCUT2D eigenvalue weighted by molar-refractivity contribution is 0.470. The number of anilines is 1. The summed E-state index contributed by atoms with van der Waals surface area (Å²) in [7, 11) is 0. The zero-order valence-corrected chi connectivity index (χ0v) is 11.5. The first-order valence-electron chi connectivity index (χ1n) is 6.61. The molecule has 0 aliphatic carbocycles. The Morgan fingerprint density at radius 2 is 1.88 bits per heavy atom. The molecule has 1 unspecified atom stereocenters. The summed E-state index contributed by atoms with van der Waals surface area (Å²) < 4.78 is 0. The molecule has 0 aliphatic rings. The Morgan fingerprint density at radius 3 is 2.53 bits per heavy atom. The number of benzene rings is 1. The molecule has 0 saturated carbocycles. The van der Waals surface area contributed by atoms with E-state index >= 15 is 0 Å². The summed E-state index contributed by atoms with van der Waals surface area (Å²) in [5.41, 5.74) is 3.18. The van der Waals surface area contributed by atoms with E-state index in [9.17, 15) is 5.11 Å². The van der Waals surface area contributed by atoms with Crippen molar-refractivity contribution in [3.05, 3.63) is 23.3 Å². The molecule has 0 bridgehead atoms. The SMILES string of the molecule is CCCCCC(C)Nc1cc(C)c(O)cc1C. The molecule has 96 valence electrons. The van der Waals surface area contributed by atoms with Gasteiger partial charge in [0.05, 0.1) is 0 Å². The summed E-state index contributed by atoms with van der Waals surface area (Å²) in [4.78, 5) is 0. The standard InChI is InChI=1S/C15H25NO/c1-5-6-7-8-13(4)16-14-9-12(3)15(17)10-11(14)2/h9-10,13,16-17H,5-8H2,1-4H3. The molecule has 0 radical (unpaired) electrons. The molecule has 17 heavy (non-hydrogen) atoms. The molecular formula is C15H25NO. The number of rotatable bonds is 6. The van der Waals surface area contributed by atoms with Crippen molar-refractivity contribution in [2.45, 2.75) is 59.4 Å². The molecule has 0 fully saturated rings. The molecule has 0 spiro atoms. The van der Waals surface area contributed by atoms with Crippen LogP contribution in [0.15, 0.2) is 12.1 Å². The van der Waals surface area contributed by atoms with Crippen molar-refractivity contribution in [2.24, 2.45) is 0 Å². The maximum absolute atomic E-state index is 9.60. The van der Waals surface area contributed by atoms with Crippen LogP contribution in [0.5, 0.6) is 5.75 Å². The average Bonchev–Trinajstić information content (AvgIpc) is 2.26. The average molecular weight is 235 g/mol. The minimum absolute atomic E-state index is 0.381. The van der Waals surface area contributed by atoms with Crippen LogP contribution in [0.4, 0.5) is 5.69 Å². The van der Waals surface area contributed by atoms with Gasteiger partial charge in [-0.2, -0.15) is 0 Å². The predicted octanol–water partition coefficient (Wildman–Crippen LogP) is 4.39. The van der Waals surface area contributed by atoms with Gasteiger partial charge in [-0.25, -0.2) is 0 Å². The summed E-state index contributed by atoms with van der Waals surface area (Å²) in [6.45, 7) is 8.41. The number of aryl methyl sites for hydroxylation is 2. The number of phenolic OH excluding ortho intramolecular Hbond substituents is 1. The third-order valence-electron chi connectivity index (χ3n) is 3.19. The Hall–Kier alpha value is -1.18. The fourth-order valence-electron chi connectivity index (χ4n) is 1.99. The molecule has 0 aromatic heterocycles. The number of hydrogen-bond donors (Lipinski definition) is 2. The Balaban J connectivity index is 2.58. The Bertz CT molecular complexity index is 360. The van der Waals surface area contributed by atoms with Gasteiger partial charge in [0.15, 0.2) is 0 Å². The van der Waals surface area contributed by atoms with Gasteiger partial charge in [-0.15, -0.1) is 0 Å². The predicted molar refractivity (Wildman–Crippen MR) is 74.8 cm³/mol.